The fourth-order valence-electron chi connectivity index (χ4n) is 1.74. The highest BCUT2D eigenvalue weighted by Crippen LogP contribution is 2.34. The molecule has 0 atom stereocenters. The summed E-state index contributed by atoms with van der Waals surface area (Å²) in [6, 6.07) is 0. The first-order chi connectivity index (χ1) is 8.39. The van der Waals surface area contributed by atoms with Gasteiger partial charge in [-0.2, -0.15) is 13.2 Å². The molecule has 4 nitrogen and oxygen atoms in total. The predicted molar refractivity (Wildman–Crippen MR) is 61.6 cm³/mol. The van der Waals surface area contributed by atoms with Gasteiger partial charge in [0, 0.05) is 19.8 Å². The van der Waals surface area contributed by atoms with Gasteiger partial charge in [-0.15, -0.1) is 10.2 Å². The van der Waals surface area contributed by atoms with Gasteiger partial charge in [0.25, 0.3) is 0 Å². The number of nitrogens with one attached hydrogen (secondary N) is 1. The Morgan fingerprint density at radius 1 is 1.33 bits per heavy atom. The van der Waals surface area contributed by atoms with Crippen molar-refractivity contribution in [2.75, 3.05) is 25.1 Å². The van der Waals surface area contributed by atoms with Crippen LogP contribution in [0.1, 0.15) is 24.8 Å². The van der Waals surface area contributed by atoms with Crippen molar-refractivity contribution in [2.45, 2.75) is 25.9 Å². The molecule has 2 heterocycles. The highest BCUT2D eigenvalue weighted by atomic mass is 32.1. The van der Waals surface area contributed by atoms with E-state index in [1.807, 2.05) is 0 Å². The monoisotopic (exact) mass is 281 g/mol. The maximum atomic E-state index is 12.3. The first-order valence-corrected chi connectivity index (χ1v) is 6.43. The lowest BCUT2D eigenvalue weighted by atomic mass is 9.82. The van der Waals surface area contributed by atoms with Gasteiger partial charge in [-0.05, 0) is 18.3 Å². The van der Waals surface area contributed by atoms with Crippen molar-refractivity contribution in [1.82, 2.24) is 10.2 Å². The van der Waals surface area contributed by atoms with Crippen LogP contribution < -0.4 is 5.32 Å². The van der Waals surface area contributed by atoms with E-state index in [2.05, 4.69) is 22.4 Å². The summed E-state index contributed by atoms with van der Waals surface area (Å²) in [5.41, 5.74) is 0.0440. The van der Waals surface area contributed by atoms with Crippen LogP contribution in [0, 0.1) is 5.41 Å². The second kappa shape index (κ2) is 5.00. The van der Waals surface area contributed by atoms with Crippen molar-refractivity contribution >= 4 is 16.5 Å². The lowest BCUT2D eigenvalue weighted by molar-refractivity contribution is -0.138. The summed E-state index contributed by atoms with van der Waals surface area (Å²) in [6.45, 7) is 4.07. The van der Waals surface area contributed by atoms with E-state index in [-0.39, 0.29) is 10.5 Å². The van der Waals surface area contributed by atoms with Gasteiger partial charge in [0.05, 0.1) is 0 Å². The molecule has 1 aromatic rings. The average molecular weight is 281 g/mol. The Morgan fingerprint density at radius 3 is 2.56 bits per heavy atom. The highest BCUT2D eigenvalue weighted by Gasteiger charge is 2.36. The molecule has 0 bridgehead atoms. The number of halogens is 3. The zero-order valence-electron chi connectivity index (χ0n) is 9.88. The van der Waals surface area contributed by atoms with Crippen molar-refractivity contribution in [1.29, 1.82) is 0 Å². The van der Waals surface area contributed by atoms with Crippen LogP contribution in [-0.4, -0.2) is 30.0 Å². The number of alkyl halides is 3. The molecule has 18 heavy (non-hydrogen) atoms. The number of anilines is 1. The summed E-state index contributed by atoms with van der Waals surface area (Å²) in [6.07, 6.45) is -2.63. The molecule has 0 aromatic carbocycles. The molecule has 1 aliphatic heterocycles. The van der Waals surface area contributed by atoms with E-state index < -0.39 is 11.2 Å². The molecule has 1 saturated heterocycles. The van der Waals surface area contributed by atoms with E-state index in [0.717, 1.165) is 12.8 Å². The molecule has 0 radical (unpaired) electrons. The Labute approximate surface area is 107 Å². The third-order valence-corrected chi connectivity index (χ3v) is 3.96. The molecular formula is C10H14F3N3OS. The summed E-state index contributed by atoms with van der Waals surface area (Å²) in [4.78, 5) is 0. The maximum Gasteiger partial charge on any atom is 0.445 e. The third-order valence-electron chi connectivity index (χ3n) is 3.03. The van der Waals surface area contributed by atoms with Gasteiger partial charge >= 0.3 is 6.18 Å². The number of hydrogen-bond donors (Lipinski definition) is 1. The minimum Gasteiger partial charge on any atom is -0.381 e. The molecule has 1 aliphatic rings. The molecule has 0 aliphatic carbocycles. The Hall–Kier alpha value is -0.890. The SMILES string of the molecule is CC1(CNc2nnc(C(F)(F)F)s2)CCOCC1. The predicted octanol–water partition coefficient (Wildman–Crippen LogP) is 2.79. The standard InChI is InChI=1S/C10H14F3N3OS/c1-9(2-4-17-5-3-9)6-14-8-16-15-7(18-8)10(11,12)13/h2-6H2,1H3,(H,14,16). The van der Waals surface area contributed by atoms with Crippen LogP contribution in [-0.2, 0) is 10.9 Å². The third kappa shape index (κ3) is 3.32. The van der Waals surface area contributed by atoms with Gasteiger partial charge in [-0.1, -0.05) is 18.3 Å². The molecule has 0 saturated carbocycles. The summed E-state index contributed by atoms with van der Waals surface area (Å²) in [5.74, 6) is 0. The molecule has 0 spiro atoms. The van der Waals surface area contributed by atoms with E-state index in [9.17, 15) is 13.2 Å². The number of aromatic nitrogens is 2. The lowest BCUT2D eigenvalue weighted by Gasteiger charge is -2.33. The molecule has 8 heteroatoms. The first kappa shape index (κ1) is 13.5. The number of hydrogen-bond acceptors (Lipinski definition) is 5. The smallest absolute Gasteiger partial charge is 0.381 e. The van der Waals surface area contributed by atoms with Gasteiger partial charge in [0.2, 0.25) is 10.1 Å². The lowest BCUT2D eigenvalue weighted by Crippen LogP contribution is -2.33. The molecule has 1 aromatic heterocycles. The van der Waals surface area contributed by atoms with Gasteiger partial charge in [0.1, 0.15) is 0 Å². The van der Waals surface area contributed by atoms with Crippen molar-refractivity contribution in [3.63, 3.8) is 0 Å². The second-order valence-corrected chi connectivity index (χ2v) is 5.66. The Bertz CT molecular complexity index is 401. The van der Waals surface area contributed by atoms with Crippen LogP contribution >= 0.6 is 11.3 Å². The van der Waals surface area contributed by atoms with E-state index in [4.69, 9.17) is 4.74 Å². The normalized spacial score (nSPS) is 19.8. The summed E-state index contributed by atoms with van der Waals surface area (Å²) >= 11 is 0.538. The van der Waals surface area contributed by atoms with Crippen LogP contribution in [0.15, 0.2) is 0 Å². The van der Waals surface area contributed by atoms with Crippen LogP contribution in [0.25, 0.3) is 0 Å². The van der Waals surface area contributed by atoms with Crippen molar-refractivity contribution < 1.29 is 17.9 Å². The molecule has 1 N–H and O–H groups in total. The topological polar surface area (TPSA) is 47.0 Å². The second-order valence-electron chi connectivity index (χ2n) is 4.69. The van der Waals surface area contributed by atoms with Gasteiger partial charge in [0.15, 0.2) is 0 Å². The number of ether oxygens (including phenoxy) is 1. The number of nitrogens with zero attached hydrogens (tertiary/aromatic N) is 2. The Balaban J connectivity index is 1.92. The van der Waals surface area contributed by atoms with Crippen molar-refractivity contribution in [2.24, 2.45) is 5.41 Å². The number of rotatable bonds is 3. The highest BCUT2D eigenvalue weighted by molar-refractivity contribution is 7.15. The first-order valence-electron chi connectivity index (χ1n) is 5.61. The Morgan fingerprint density at radius 2 is 2.00 bits per heavy atom. The summed E-state index contributed by atoms with van der Waals surface area (Å²) in [7, 11) is 0. The fourth-order valence-corrected chi connectivity index (χ4v) is 2.35. The quantitative estimate of drug-likeness (QED) is 0.925. The summed E-state index contributed by atoms with van der Waals surface area (Å²) < 4.78 is 42.3. The van der Waals surface area contributed by atoms with E-state index in [0.29, 0.717) is 31.1 Å². The van der Waals surface area contributed by atoms with Gasteiger partial charge < -0.3 is 10.1 Å². The maximum absolute atomic E-state index is 12.3. The van der Waals surface area contributed by atoms with Gasteiger partial charge in [-0.25, -0.2) is 0 Å². The van der Waals surface area contributed by atoms with Crippen LogP contribution in [0.4, 0.5) is 18.3 Å². The largest absolute Gasteiger partial charge is 0.445 e. The molecular weight excluding hydrogens is 267 g/mol. The molecule has 0 unspecified atom stereocenters. The van der Waals surface area contributed by atoms with Gasteiger partial charge in [-0.3, -0.25) is 0 Å². The average Bonchev–Trinajstić information content (AvgIpc) is 2.76. The van der Waals surface area contributed by atoms with E-state index >= 15 is 0 Å². The van der Waals surface area contributed by atoms with Crippen molar-refractivity contribution in [3.05, 3.63) is 5.01 Å². The Kier molecular flexibility index (Phi) is 3.76. The minimum atomic E-state index is -4.42. The fraction of sp³-hybridized carbons (Fsp3) is 0.800. The molecule has 1 fully saturated rings. The van der Waals surface area contributed by atoms with Crippen molar-refractivity contribution in [3.8, 4) is 0 Å². The van der Waals surface area contributed by atoms with E-state index in [1.54, 1.807) is 0 Å². The van der Waals surface area contributed by atoms with Crippen LogP contribution in [0.2, 0.25) is 0 Å². The molecule has 2 rings (SSSR count). The zero-order valence-corrected chi connectivity index (χ0v) is 10.7. The molecule has 0 amide bonds. The summed E-state index contributed by atoms with van der Waals surface area (Å²) in [5, 5.41) is 8.87. The van der Waals surface area contributed by atoms with E-state index in [1.165, 1.54) is 0 Å². The zero-order chi connectivity index (χ0) is 13.2. The molecule has 102 valence electrons. The van der Waals surface area contributed by atoms with Crippen LogP contribution in [0.3, 0.4) is 0 Å². The minimum absolute atomic E-state index is 0.0440. The van der Waals surface area contributed by atoms with Crippen LogP contribution in [0.5, 0.6) is 0 Å².